The fourth-order valence-electron chi connectivity index (χ4n) is 3.35. The van der Waals surface area contributed by atoms with E-state index in [0.717, 1.165) is 0 Å². The molecule has 3 aromatic heterocycles. The van der Waals surface area contributed by atoms with Crippen molar-refractivity contribution in [3.05, 3.63) is 48.0 Å². The normalized spacial score (nSPS) is 21.8. The van der Waals surface area contributed by atoms with Gasteiger partial charge in [0.05, 0.1) is 11.9 Å². The third-order valence-electron chi connectivity index (χ3n) is 5.19. The average molecular weight is 414 g/mol. The van der Waals surface area contributed by atoms with E-state index in [9.17, 15) is 14.1 Å². The van der Waals surface area contributed by atoms with Gasteiger partial charge in [-0.25, -0.2) is 9.97 Å². The molecule has 0 atom stereocenters. The Morgan fingerprint density at radius 1 is 1.31 bits per heavy atom. The van der Waals surface area contributed by atoms with Crippen LogP contribution in [-0.2, 0) is 10.8 Å². The van der Waals surface area contributed by atoms with Crippen LogP contribution in [0.15, 0.2) is 36.7 Å². The van der Waals surface area contributed by atoms with E-state index in [1.54, 1.807) is 28.8 Å². The number of imidazole rings is 1. The number of rotatable bonds is 4. The summed E-state index contributed by atoms with van der Waals surface area (Å²) in [5.41, 5.74) is 1.25. The van der Waals surface area contributed by atoms with Gasteiger partial charge < -0.3 is 15.2 Å². The Morgan fingerprint density at radius 2 is 2.07 bits per heavy atom. The van der Waals surface area contributed by atoms with E-state index < -0.39 is 10.8 Å². The second-order valence-corrected chi connectivity index (χ2v) is 9.13. The van der Waals surface area contributed by atoms with E-state index in [0.29, 0.717) is 47.1 Å². The van der Waals surface area contributed by atoms with Gasteiger partial charge in [0.2, 0.25) is 0 Å². The molecule has 0 saturated carbocycles. The molecular formula is C20H22N4O4S. The zero-order valence-electron chi connectivity index (χ0n) is 16.2. The molecule has 29 heavy (non-hydrogen) atoms. The topological polar surface area (TPSA) is 106 Å². The summed E-state index contributed by atoms with van der Waals surface area (Å²) in [5, 5.41) is 12.9. The summed E-state index contributed by atoms with van der Waals surface area (Å²) >= 11 is 0. The Hall–Kier alpha value is -2.94. The Bertz CT molecular complexity index is 1100. The van der Waals surface area contributed by atoms with Gasteiger partial charge in [-0.05, 0) is 51.0 Å². The molecule has 1 aliphatic rings. The van der Waals surface area contributed by atoms with Crippen LogP contribution in [0.5, 0.6) is 17.4 Å². The third kappa shape index (κ3) is 3.95. The van der Waals surface area contributed by atoms with Gasteiger partial charge in [0.1, 0.15) is 17.1 Å². The van der Waals surface area contributed by atoms with Crippen molar-refractivity contribution in [2.45, 2.75) is 32.2 Å². The van der Waals surface area contributed by atoms with Crippen molar-refractivity contribution >= 4 is 22.4 Å². The van der Waals surface area contributed by atoms with Gasteiger partial charge in [-0.2, -0.15) is 0 Å². The number of pyridine rings is 2. The number of nitrogens with zero attached hydrogens (tertiary/aromatic N) is 3. The number of hydrogen-bond acceptors (Lipinski definition) is 6. The summed E-state index contributed by atoms with van der Waals surface area (Å²) in [5.74, 6) is 1.46. The number of aromatic nitrogens is 3. The van der Waals surface area contributed by atoms with E-state index in [1.165, 1.54) is 12.3 Å². The summed E-state index contributed by atoms with van der Waals surface area (Å²) in [4.78, 5) is 21.3. The van der Waals surface area contributed by atoms with Crippen LogP contribution in [0.3, 0.4) is 0 Å². The number of nitrogens with one attached hydrogen (secondary N) is 1. The molecule has 8 nitrogen and oxygen atoms in total. The molecule has 0 aromatic carbocycles. The van der Waals surface area contributed by atoms with Crippen molar-refractivity contribution in [2.75, 3.05) is 11.5 Å². The lowest BCUT2D eigenvalue weighted by molar-refractivity contribution is 0.0895. The highest BCUT2D eigenvalue weighted by molar-refractivity contribution is 7.85. The number of aromatic hydroxyl groups is 1. The fraction of sp³-hybridized carbons (Fsp3) is 0.350. The van der Waals surface area contributed by atoms with Crippen molar-refractivity contribution < 1.29 is 18.8 Å². The lowest BCUT2D eigenvalue weighted by atomic mass is 9.94. The highest BCUT2D eigenvalue weighted by Crippen LogP contribution is 2.28. The van der Waals surface area contributed by atoms with Crippen LogP contribution in [0.25, 0.3) is 5.65 Å². The summed E-state index contributed by atoms with van der Waals surface area (Å²) in [6, 6.07) is 6.55. The minimum absolute atomic E-state index is 0.0586. The summed E-state index contributed by atoms with van der Waals surface area (Å²) < 4.78 is 19.0. The first-order valence-corrected chi connectivity index (χ1v) is 10.8. The molecule has 3 aromatic rings. The van der Waals surface area contributed by atoms with E-state index in [2.05, 4.69) is 15.3 Å². The number of carbonyl (C=O) groups is 1. The minimum atomic E-state index is -0.792. The standard InChI is InChI=1S/C20H22N4O4S/c1-13-17(18(26)23-20(2)7-10-29(27)11-8-20)22-16-6-5-14(12-24(13)16)28-19-15(25)4-3-9-21-19/h3-6,9,12,25H,7-8,10-11H2,1-2H3,(H,23,26). The number of amides is 1. The average Bonchev–Trinajstić information content (AvgIpc) is 3.03. The van der Waals surface area contributed by atoms with E-state index >= 15 is 0 Å². The molecule has 0 spiro atoms. The molecule has 9 heteroatoms. The lowest BCUT2D eigenvalue weighted by Gasteiger charge is -2.33. The minimum Gasteiger partial charge on any atom is -0.503 e. The van der Waals surface area contributed by atoms with Crippen LogP contribution in [0.4, 0.5) is 0 Å². The quantitative estimate of drug-likeness (QED) is 0.680. The molecule has 2 N–H and O–H groups in total. The SMILES string of the molecule is Cc1c(C(=O)NC2(C)CCS(=O)CC2)nc2ccc(Oc3ncccc3O)cn12. The zero-order valence-corrected chi connectivity index (χ0v) is 17.0. The molecule has 0 radical (unpaired) electrons. The number of aryl methyl sites for hydroxylation is 1. The molecule has 152 valence electrons. The van der Waals surface area contributed by atoms with Crippen molar-refractivity contribution in [1.82, 2.24) is 19.7 Å². The van der Waals surface area contributed by atoms with Crippen molar-refractivity contribution in [3.63, 3.8) is 0 Å². The third-order valence-corrected chi connectivity index (χ3v) is 6.51. The molecule has 0 bridgehead atoms. The predicted octanol–water partition coefficient (Wildman–Crippen LogP) is 2.57. The van der Waals surface area contributed by atoms with Gasteiger partial charge in [-0.1, -0.05) is 0 Å². The molecule has 1 fully saturated rings. The number of fused-ring (bicyclic) bond motifs is 1. The van der Waals surface area contributed by atoms with Crippen LogP contribution in [0.2, 0.25) is 0 Å². The van der Waals surface area contributed by atoms with Crippen LogP contribution in [0.1, 0.15) is 35.9 Å². The van der Waals surface area contributed by atoms with Crippen LogP contribution in [-0.4, -0.2) is 46.6 Å². The van der Waals surface area contributed by atoms with E-state index in [4.69, 9.17) is 4.74 Å². The van der Waals surface area contributed by atoms with E-state index in [-0.39, 0.29) is 23.1 Å². The maximum absolute atomic E-state index is 12.9. The monoisotopic (exact) mass is 414 g/mol. The Balaban J connectivity index is 1.58. The molecule has 0 unspecified atom stereocenters. The molecule has 1 saturated heterocycles. The van der Waals surface area contributed by atoms with Crippen LogP contribution in [0, 0.1) is 6.92 Å². The van der Waals surface area contributed by atoms with Crippen molar-refractivity contribution in [3.8, 4) is 17.4 Å². The highest BCUT2D eigenvalue weighted by Gasteiger charge is 2.32. The summed E-state index contributed by atoms with van der Waals surface area (Å²) in [7, 11) is -0.792. The largest absolute Gasteiger partial charge is 0.503 e. The second-order valence-electron chi connectivity index (χ2n) is 7.43. The first-order chi connectivity index (χ1) is 13.8. The van der Waals surface area contributed by atoms with E-state index in [1.807, 2.05) is 13.8 Å². The zero-order chi connectivity index (χ0) is 20.6. The highest BCUT2D eigenvalue weighted by atomic mass is 32.2. The maximum Gasteiger partial charge on any atom is 0.272 e. The smallest absolute Gasteiger partial charge is 0.272 e. The van der Waals surface area contributed by atoms with Crippen molar-refractivity contribution in [1.29, 1.82) is 0 Å². The predicted molar refractivity (Wildman–Crippen MR) is 109 cm³/mol. The molecular weight excluding hydrogens is 392 g/mol. The summed E-state index contributed by atoms with van der Waals surface area (Å²) in [6.45, 7) is 3.80. The molecule has 4 heterocycles. The molecule has 1 amide bonds. The van der Waals surface area contributed by atoms with Gasteiger partial charge in [0.15, 0.2) is 5.75 Å². The first-order valence-electron chi connectivity index (χ1n) is 9.33. The Kier molecular flexibility index (Phi) is 4.99. The number of carbonyl (C=O) groups excluding carboxylic acids is 1. The van der Waals surface area contributed by atoms with Gasteiger partial charge in [0.25, 0.3) is 11.8 Å². The Labute approximate surface area is 170 Å². The fourth-order valence-corrected chi connectivity index (χ4v) is 4.91. The lowest BCUT2D eigenvalue weighted by Crippen LogP contribution is -2.50. The molecule has 4 rings (SSSR count). The second kappa shape index (κ2) is 7.47. The van der Waals surface area contributed by atoms with Crippen LogP contribution < -0.4 is 10.1 Å². The first kappa shape index (κ1) is 19.4. The number of hydrogen-bond donors (Lipinski definition) is 2. The van der Waals surface area contributed by atoms with Crippen LogP contribution >= 0.6 is 0 Å². The Morgan fingerprint density at radius 3 is 2.79 bits per heavy atom. The molecule has 0 aliphatic carbocycles. The van der Waals surface area contributed by atoms with Gasteiger partial charge >= 0.3 is 0 Å². The maximum atomic E-state index is 12.9. The van der Waals surface area contributed by atoms with Crippen molar-refractivity contribution in [2.24, 2.45) is 0 Å². The van der Waals surface area contributed by atoms with Gasteiger partial charge in [-0.15, -0.1) is 0 Å². The number of ether oxygens (including phenoxy) is 1. The molecule has 1 aliphatic heterocycles. The summed E-state index contributed by atoms with van der Waals surface area (Å²) in [6.07, 6.45) is 4.60. The van der Waals surface area contributed by atoms with Gasteiger partial charge in [0, 0.05) is 34.0 Å². The van der Waals surface area contributed by atoms with Gasteiger partial charge in [-0.3, -0.25) is 13.4 Å².